The van der Waals surface area contributed by atoms with E-state index in [4.69, 9.17) is 34.8 Å². The third-order valence-corrected chi connectivity index (χ3v) is 3.52. The topological polar surface area (TPSA) is 0 Å². The molecule has 0 radical (unpaired) electrons. The molecule has 0 aliphatic carbocycles. The molecule has 2 rings (SSSR count). The van der Waals surface area contributed by atoms with Gasteiger partial charge in [0.25, 0.3) is 0 Å². The van der Waals surface area contributed by atoms with Crippen LogP contribution in [0.2, 0.25) is 15.1 Å². The van der Waals surface area contributed by atoms with Gasteiger partial charge in [0.2, 0.25) is 0 Å². The Balaban J connectivity index is 2.73. The van der Waals surface area contributed by atoms with Gasteiger partial charge in [-0.25, -0.2) is 4.39 Å². The second kappa shape index (κ2) is 4.85. The van der Waals surface area contributed by atoms with Crippen LogP contribution in [0.4, 0.5) is 4.39 Å². The lowest BCUT2D eigenvalue weighted by atomic mass is 10.0. The molecule has 2 aromatic carbocycles. The van der Waals surface area contributed by atoms with Crippen LogP contribution < -0.4 is 0 Å². The van der Waals surface area contributed by atoms with E-state index in [1.807, 2.05) is 6.92 Å². The number of rotatable bonds is 1. The van der Waals surface area contributed by atoms with Crippen LogP contribution in [0.5, 0.6) is 0 Å². The lowest BCUT2D eigenvalue weighted by Crippen LogP contribution is -1.88. The molecule has 0 aromatic heterocycles. The minimum atomic E-state index is -0.417. The summed E-state index contributed by atoms with van der Waals surface area (Å²) in [6, 6.07) is 7.83. The van der Waals surface area contributed by atoms with Crippen molar-refractivity contribution in [3.8, 4) is 11.1 Å². The Hall–Kier alpha value is -0.760. The highest BCUT2D eigenvalue weighted by atomic mass is 35.5. The summed E-state index contributed by atoms with van der Waals surface area (Å²) >= 11 is 18.1. The molecule has 0 heterocycles. The molecule has 0 spiro atoms. The van der Waals surface area contributed by atoms with Crippen molar-refractivity contribution in [3.63, 3.8) is 0 Å². The molecular weight excluding hydrogens is 282 g/mol. The summed E-state index contributed by atoms with van der Waals surface area (Å²) < 4.78 is 13.8. The molecule has 0 atom stereocenters. The van der Waals surface area contributed by atoms with Crippen LogP contribution in [0.25, 0.3) is 11.1 Å². The molecule has 0 saturated heterocycles. The fourth-order valence-electron chi connectivity index (χ4n) is 1.59. The van der Waals surface area contributed by atoms with E-state index < -0.39 is 5.82 Å². The van der Waals surface area contributed by atoms with Gasteiger partial charge >= 0.3 is 0 Å². The second-order valence-electron chi connectivity index (χ2n) is 3.68. The molecule has 0 bridgehead atoms. The molecule has 0 amide bonds. The molecule has 17 heavy (non-hydrogen) atoms. The van der Waals surface area contributed by atoms with Crippen molar-refractivity contribution in [2.45, 2.75) is 6.92 Å². The zero-order valence-electron chi connectivity index (χ0n) is 8.90. The van der Waals surface area contributed by atoms with Crippen LogP contribution in [0.1, 0.15) is 5.56 Å². The van der Waals surface area contributed by atoms with Crippen molar-refractivity contribution in [1.82, 2.24) is 0 Å². The third-order valence-electron chi connectivity index (χ3n) is 2.48. The van der Waals surface area contributed by atoms with E-state index in [0.717, 1.165) is 5.56 Å². The van der Waals surface area contributed by atoms with Crippen LogP contribution >= 0.6 is 34.8 Å². The summed E-state index contributed by atoms with van der Waals surface area (Å²) in [7, 11) is 0. The van der Waals surface area contributed by atoms with Crippen LogP contribution in [0.3, 0.4) is 0 Å². The fourth-order valence-corrected chi connectivity index (χ4v) is 2.33. The van der Waals surface area contributed by atoms with Crippen molar-refractivity contribution >= 4 is 34.8 Å². The molecule has 0 aliphatic rings. The van der Waals surface area contributed by atoms with E-state index in [2.05, 4.69) is 0 Å². The predicted molar refractivity (Wildman–Crippen MR) is 71.6 cm³/mol. The average Bonchev–Trinajstić information content (AvgIpc) is 2.25. The van der Waals surface area contributed by atoms with Crippen molar-refractivity contribution in [1.29, 1.82) is 0 Å². The lowest BCUT2D eigenvalue weighted by Gasteiger charge is -2.10. The molecular formula is C13H8Cl3F. The first kappa shape index (κ1) is 12.7. The average molecular weight is 290 g/mol. The van der Waals surface area contributed by atoms with Crippen LogP contribution in [0, 0.1) is 12.7 Å². The number of hydrogen-bond donors (Lipinski definition) is 0. The van der Waals surface area contributed by atoms with Crippen LogP contribution in [0.15, 0.2) is 30.3 Å². The molecule has 0 aliphatic heterocycles. The van der Waals surface area contributed by atoms with Gasteiger partial charge in [-0.1, -0.05) is 40.9 Å². The molecule has 0 nitrogen and oxygen atoms in total. The first-order valence-electron chi connectivity index (χ1n) is 4.90. The lowest BCUT2D eigenvalue weighted by molar-refractivity contribution is 0.631. The maximum Gasteiger partial charge on any atom is 0.132 e. The predicted octanol–water partition coefficient (Wildman–Crippen LogP) is 5.76. The van der Waals surface area contributed by atoms with E-state index >= 15 is 0 Å². The Morgan fingerprint density at radius 1 is 0.941 bits per heavy atom. The van der Waals surface area contributed by atoms with Gasteiger partial charge in [0.15, 0.2) is 0 Å². The highest BCUT2D eigenvalue weighted by molar-refractivity contribution is 6.38. The standard InChI is InChI=1S/C13H8Cl3F/c1-7-5-11(16)8(6-10(7)15)13-9(14)3-2-4-12(13)17/h2-6H,1H3. The minimum absolute atomic E-state index is 0.279. The number of benzene rings is 2. The third kappa shape index (κ3) is 2.42. The van der Waals surface area contributed by atoms with Crippen molar-refractivity contribution in [2.75, 3.05) is 0 Å². The van der Waals surface area contributed by atoms with Gasteiger partial charge in [0, 0.05) is 21.2 Å². The smallest absolute Gasteiger partial charge is 0.132 e. The Bertz CT molecular complexity index is 559. The molecule has 4 heteroatoms. The fraction of sp³-hybridized carbons (Fsp3) is 0.0769. The molecule has 0 unspecified atom stereocenters. The number of aryl methyl sites for hydroxylation is 1. The SMILES string of the molecule is Cc1cc(Cl)c(-c2c(F)cccc2Cl)cc1Cl. The van der Waals surface area contributed by atoms with Gasteiger partial charge in [-0.3, -0.25) is 0 Å². The highest BCUT2D eigenvalue weighted by Crippen LogP contribution is 2.37. The molecule has 88 valence electrons. The monoisotopic (exact) mass is 288 g/mol. The van der Waals surface area contributed by atoms with Gasteiger partial charge < -0.3 is 0 Å². The molecule has 0 saturated carbocycles. The van der Waals surface area contributed by atoms with Crippen LogP contribution in [-0.4, -0.2) is 0 Å². The first-order valence-corrected chi connectivity index (χ1v) is 6.04. The molecule has 2 aromatic rings. The Labute approximate surface area is 114 Å². The minimum Gasteiger partial charge on any atom is -0.206 e. The summed E-state index contributed by atoms with van der Waals surface area (Å²) in [4.78, 5) is 0. The maximum absolute atomic E-state index is 13.8. The normalized spacial score (nSPS) is 10.6. The Morgan fingerprint density at radius 3 is 2.29 bits per heavy atom. The summed E-state index contributed by atoms with van der Waals surface area (Å²) in [6.07, 6.45) is 0. The second-order valence-corrected chi connectivity index (χ2v) is 4.90. The number of halogens is 4. The van der Waals surface area contributed by atoms with Gasteiger partial charge in [-0.15, -0.1) is 0 Å². The summed E-state index contributed by atoms with van der Waals surface area (Å²) in [6.45, 7) is 1.83. The van der Waals surface area contributed by atoms with Gasteiger partial charge in [-0.2, -0.15) is 0 Å². The molecule has 0 fully saturated rings. The maximum atomic E-state index is 13.8. The largest absolute Gasteiger partial charge is 0.206 e. The van der Waals surface area contributed by atoms with Gasteiger partial charge in [-0.05, 0) is 36.8 Å². The van der Waals surface area contributed by atoms with E-state index in [0.29, 0.717) is 20.6 Å². The first-order chi connectivity index (χ1) is 8.00. The van der Waals surface area contributed by atoms with E-state index in [1.165, 1.54) is 6.07 Å². The Kier molecular flexibility index (Phi) is 3.62. The zero-order valence-corrected chi connectivity index (χ0v) is 11.2. The van der Waals surface area contributed by atoms with Gasteiger partial charge in [0.1, 0.15) is 5.82 Å². The molecule has 0 N–H and O–H groups in total. The summed E-state index contributed by atoms with van der Waals surface area (Å²) in [5.41, 5.74) is 1.62. The van der Waals surface area contributed by atoms with E-state index in [-0.39, 0.29) is 5.56 Å². The van der Waals surface area contributed by atoms with Crippen LogP contribution in [-0.2, 0) is 0 Å². The Morgan fingerprint density at radius 2 is 1.65 bits per heavy atom. The number of hydrogen-bond acceptors (Lipinski definition) is 0. The zero-order chi connectivity index (χ0) is 12.6. The van der Waals surface area contributed by atoms with Crippen molar-refractivity contribution < 1.29 is 4.39 Å². The van der Waals surface area contributed by atoms with Crippen molar-refractivity contribution in [2.24, 2.45) is 0 Å². The summed E-state index contributed by atoms with van der Waals surface area (Å²) in [5.74, 6) is -0.417. The highest BCUT2D eigenvalue weighted by Gasteiger charge is 2.14. The van der Waals surface area contributed by atoms with Crippen molar-refractivity contribution in [3.05, 3.63) is 56.8 Å². The van der Waals surface area contributed by atoms with E-state index in [1.54, 1.807) is 24.3 Å². The summed E-state index contributed by atoms with van der Waals surface area (Å²) in [5, 5.41) is 1.27. The van der Waals surface area contributed by atoms with Gasteiger partial charge in [0.05, 0.1) is 5.02 Å². The van der Waals surface area contributed by atoms with E-state index in [9.17, 15) is 4.39 Å². The quantitative estimate of drug-likeness (QED) is 0.626.